The lowest BCUT2D eigenvalue weighted by Gasteiger charge is -1.98. The number of nitrogens with one attached hydrogen (secondary N) is 1. The van der Waals surface area contributed by atoms with E-state index >= 15 is 0 Å². The van der Waals surface area contributed by atoms with Gasteiger partial charge in [0, 0.05) is 5.69 Å². The van der Waals surface area contributed by atoms with E-state index in [0.29, 0.717) is 16.4 Å². The van der Waals surface area contributed by atoms with E-state index in [-0.39, 0.29) is 5.28 Å². The minimum absolute atomic E-state index is 0.157. The molecule has 0 unspecified atom stereocenters. The van der Waals surface area contributed by atoms with Crippen LogP contribution in [-0.2, 0) is 0 Å². The first-order chi connectivity index (χ1) is 6.66. The highest BCUT2D eigenvalue weighted by molar-refractivity contribution is 6.33. The first-order valence-electron chi connectivity index (χ1n) is 3.87. The van der Waals surface area contributed by atoms with Crippen molar-refractivity contribution in [3.05, 3.63) is 28.3 Å². The van der Waals surface area contributed by atoms with Crippen LogP contribution in [0.1, 0.15) is 5.69 Å². The minimum atomic E-state index is 0.157. The zero-order valence-corrected chi connectivity index (χ0v) is 8.76. The quantitative estimate of drug-likeness (QED) is 0.764. The molecule has 0 aliphatic rings. The van der Waals surface area contributed by atoms with Gasteiger partial charge in [-0.25, -0.2) is 9.97 Å². The highest BCUT2D eigenvalue weighted by Crippen LogP contribution is 2.24. The lowest BCUT2D eigenvalue weighted by Crippen LogP contribution is -1.88. The van der Waals surface area contributed by atoms with Crippen molar-refractivity contribution in [2.24, 2.45) is 0 Å². The molecule has 0 amide bonds. The molecule has 2 aromatic heterocycles. The lowest BCUT2D eigenvalue weighted by atomic mass is 10.3. The Morgan fingerprint density at radius 1 is 1.36 bits per heavy atom. The van der Waals surface area contributed by atoms with E-state index in [2.05, 4.69) is 20.2 Å². The van der Waals surface area contributed by atoms with E-state index in [1.54, 1.807) is 0 Å². The summed E-state index contributed by atoms with van der Waals surface area (Å²) in [7, 11) is 0. The maximum Gasteiger partial charge on any atom is 0.223 e. The average molecular weight is 229 g/mol. The first-order valence-corrected chi connectivity index (χ1v) is 4.63. The SMILES string of the molecule is Cc1cc(-c2nc(Cl)ncc2Cl)n[nH]1. The number of H-pyrrole nitrogens is 1. The first kappa shape index (κ1) is 9.43. The number of hydrogen-bond donors (Lipinski definition) is 1. The zero-order chi connectivity index (χ0) is 10.1. The number of halogens is 2. The van der Waals surface area contributed by atoms with Crippen LogP contribution in [-0.4, -0.2) is 20.2 Å². The van der Waals surface area contributed by atoms with E-state index in [9.17, 15) is 0 Å². The molecule has 0 radical (unpaired) electrons. The smallest absolute Gasteiger partial charge is 0.223 e. The van der Waals surface area contributed by atoms with E-state index in [4.69, 9.17) is 23.2 Å². The Labute approximate surface area is 90.3 Å². The van der Waals surface area contributed by atoms with Crippen molar-refractivity contribution in [1.82, 2.24) is 20.2 Å². The molecule has 1 N–H and O–H groups in total. The number of aromatic amines is 1. The van der Waals surface area contributed by atoms with Crippen LogP contribution in [0.15, 0.2) is 12.3 Å². The van der Waals surface area contributed by atoms with Crippen LogP contribution in [0, 0.1) is 6.92 Å². The van der Waals surface area contributed by atoms with Gasteiger partial charge in [0.05, 0.1) is 11.2 Å². The summed E-state index contributed by atoms with van der Waals surface area (Å²) in [4.78, 5) is 7.75. The van der Waals surface area contributed by atoms with Gasteiger partial charge in [-0.2, -0.15) is 5.10 Å². The van der Waals surface area contributed by atoms with Gasteiger partial charge in [-0.05, 0) is 24.6 Å². The largest absolute Gasteiger partial charge is 0.282 e. The minimum Gasteiger partial charge on any atom is -0.282 e. The van der Waals surface area contributed by atoms with Gasteiger partial charge in [-0.15, -0.1) is 0 Å². The van der Waals surface area contributed by atoms with Crippen LogP contribution in [0.5, 0.6) is 0 Å². The molecule has 0 spiro atoms. The van der Waals surface area contributed by atoms with Crippen molar-refractivity contribution in [3.8, 4) is 11.4 Å². The van der Waals surface area contributed by atoms with Crippen molar-refractivity contribution < 1.29 is 0 Å². The van der Waals surface area contributed by atoms with Gasteiger partial charge in [0.25, 0.3) is 0 Å². The second-order valence-electron chi connectivity index (χ2n) is 2.77. The normalized spacial score (nSPS) is 10.5. The second kappa shape index (κ2) is 3.55. The Balaban J connectivity index is 2.55. The third kappa shape index (κ3) is 1.71. The third-order valence-electron chi connectivity index (χ3n) is 1.66. The summed E-state index contributed by atoms with van der Waals surface area (Å²) in [5, 5.41) is 7.42. The molecule has 2 aromatic rings. The van der Waals surface area contributed by atoms with Gasteiger partial charge in [0.2, 0.25) is 5.28 Å². The predicted molar refractivity (Wildman–Crippen MR) is 54.4 cm³/mol. The molecule has 2 rings (SSSR count). The van der Waals surface area contributed by atoms with Crippen molar-refractivity contribution in [3.63, 3.8) is 0 Å². The molecule has 4 nitrogen and oxygen atoms in total. The van der Waals surface area contributed by atoms with Crippen LogP contribution in [0.3, 0.4) is 0 Å². The second-order valence-corrected chi connectivity index (χ2v) is 3.52. The van der Waals surface area contributed by atoms with Crippen LogP contribution in [0.2, 0.25) is 10.3 Å². The fourth-order valence-electron chi connectivity index (χ4n) is 1.06. The van der Waals surface area contributed by atoms with E-state index in [1.165, 1.54) is 6.20 Å². The monoisotopic (exact) mass is 228 g/mol. The van der Waals surface area contributed by atoms with E-state index in [0.717, 1.165) is 5.69 Å². The summed E-state index contributed by atoms with van der Waals surface area (Å²) in [5.74, 6) is 0. The number of aromatic nitrogens is 4. The maximum atomic E-state index is 5.90. The predicted octanol–water partition coefficient (Wildman–Crippen LogP) is 2.48. The summed E-state index contributed by atoms with van der Waals surface area (Å²) in [6, 6.07) is 1.84. The highest BCUT2D eigenvalue weighted by atomic mass is 35.5. The summed E-state index contributed by atoms with van der Waals surface area (Å²) >= 11 is 11.6. The van der Waals surface area contributed by atoms with Gasteiger partial charge in [0.1, 0.15) is 11.4 Å². The molecule has 0 saturated carbocycles. The molecule has 0 aliphatic heterocycles. The van der Waals surface area contributed by atoms with Crippen LogP contribution in [0.4, 0.5) is 0 Å². The number of nitrogens with zero attached hydrogens (tertiary/aromatic N) is 3. The molecule has 0 fully saturated rings. The summed E-state index contributed by atoms with van der Waals surface area (Å²) < 4.78 is 0. The van der Waals surface area contributed by atoms with E-state index < -0.39 is 0 Å². The average Bonchev–Trinajstić information content (AvgIpc) is 2.56. The fourth-order valence-corrected chi connectivity index (χ4v) is 1.39. The van der Waals surface area contributed by atoms with Crippen LogP contribution < -0.4 is 0 Å². The van der Waals surface area contributed by atoms with Crippen LogP contribution in [0.25, 0.3) is 11.4 Å². The molecule has 72 valence electrons. The Morgan fingerprint density at radius 3 is 2.79 bits per heavy atom. The van der Waals surface area contributed by atoms with Gasteiger partial charge in [-0.1, -0.05) is 11.6 Å². The standard InChI is InChI=1S/C8H6Cl2N4/c1-4-2-6(14-13-4)7-5(9)3-11-8(10)12-7/h2-3H,1H3,(H,13,14). The molecule has 2 heterocycles. The topological polar surface area (TPSA) is 54.5 Å². The Kier molecular flexibility index (Phi) is 2.39. The molecule has 0 saturated heterocycles. The Morgan fingerprint density at radius 2 is 2.14 bits per heavy atom. The van der Waals surface area contributed by atoms with Gasteiger partial charge in [-0.3, -0.25) is 5.10 Å². The molecular weight excluding hydrogens is 223 g/mol. The molecule has 0 aliphatic carbocycles. The number of hydrogen-bond acceptors (Lipinski definition) is 3. The van der Waals surface area contributed by atoms with Crippen molar-refractivity contribution in [2.75, 3.05) is 0 Å². The molecule has 0 atom stereocenters. The van der Waals surface area contributed by atoms with Gasteiger partial charge >= 0.3 is 0 Å². The van der Waals surface area contributed by atoms with Crippen molar-refractivity contribution in [2.45, 2.75) is 6.92 Å². The molecule has 0 aromatic carbocycles. The van der Waals surface area contributed by atoms with Gasteiger partial charge < -0.3 is 0 Å². The van der Waals surface area contributed by atoms with E-state index in [1.807, 2.05) is 13.0 Å². The van der Waals surface area contributed by atoms with Crippen LogP contribution >= 0.6 is 23.2 Å². The Bertz CT molecular complexity index is 466. The molecule has 0 bridgehead atoms. The molecule has 6 heteroatoms. The lowest BCUT2D eigenvalue weighted by molar-refractivity contribution is 1.04. The summed E-state index contributed by atoms with van der Waals surface area (Å²) in [6.45, 7) is 1.90. The zero-order valence-electron chi connectivity index (χ0n) is 7.25. The fraction of sp³-hybridized carbons (Fsp3) is 0.125. The van der Waals surface area contributed by atoms with Gasteiger partial charge in [0.15, 0.2) is 0 Å². The molecular formula is C8H6Cl2N4. The Hall–Kier alpha value is -1.13. The summed E-state index contributed by atoms with van der Waals surface area (Å²) in [6.07, 6.45) is 1.45. The third-order valence-corrected chi connectivity index (χ3v) is 2.12. The highest BCUT2D eigenvalue weighted by Gasteiger charge is 2.09. The molecule has 14 heavy (non-hydrogen) atoms. The maximum absolute atomic E-state index is 5.90. The number of aryl methyl sites for hydroxylation is 1. The van der Waals surface area contributed by atoms with Crippen molar-refractivity contribution in [1.29, 1.82) is 0 Å². The number of rotatable bonds is 1. The summed E-state index contributed by atoms with van der Waals surface area (Å²) in [5.41, 5.74) is 2.14. The van der Waals surface area contributed by atoms with Crippen molar-refractivity contribution >= 4 is 23.2 Å².